The maximum atomic E-state index is 12.2. The van der Waals surface area contributed by atoms with Gasteiger partial charge in [0.2, 0.25) is 0 Å². The summed E-state index contributed by atoms with van der Waals surface area (Å²) in [6, 6.07) is 0.525. The molecule has 2 amide bonds. The van der Waals surface area contributed by atoms with E-state index in [0.717, 1.165) is 31.1 Å². The number of nitrogens with zero attached hydrogens (tertiary/aromatic N) is 2. The highest BCUT2D eigenvalue weighted by Gasteiger charge is 2.46. The number of hydrogen-bond donors (Lipinski definition) is 2. The number of rotatable bonds is 2. The second kappa shape index (κ2) is 4.50. The Kier molecular flexibility index (Phi) is 2.75. The lowest BCUT2D eigenvalue weighted by Crippen LogP contribution is -2.43. The van der Waals surface area contributed by atoms with Gasteiger partial charge in [-0.3, -0.25) is 4.68 Å². The molecule has 3 atom stereocenters. The minimum atomic E-state index is -0.00185. The van der Waals surface area contributed by atoms with E-state index in [1.54, 1.807) is 0 Å². The molecule has 2 saturated carbocycles. The first kappa shape index (κ1) is 12.2. The predicted molar refractivity (Wildman–Crippen MR) is 75.2 cm³/mol. The molecule has 108 valence electrons. The molecule has 3 aliphatic rings. The maximum Gasteiger partial charge on any atom is 0.315 e. The molecular weight excluding hydrogens is 252 g/mol. The van der Waals surface area contributed by atoms with Crippen molar-refractivity contribution >= 4 is 6.03 Å². The van der Waals surface area contributed by atoms with E-state index in [2.05, 4.69) is 15.7 Å². The van der Waals surface area contributed by atoms with E-state index >= 15 is 0 Å². The van der Waals surface area contributed by atoms with E-state index in [9.17, 15) is 4.79 Å². The monoisotopic (exact) mass is 274 g/mol. The Labute approximate surface area is 119 Å². The molecule has 5 nitrogen and oxygen atoms in total. The van der Waals surface area contributed by atoms with Gasteiger partial charge in [0.25, 0.3) is 0 Å². The van der Waals surface area contributed by atoms with Crippen LogP contribution in [-0.2, 0) is 13.5 Å². The molecule has 0 bridgehead atoms. The number of hydrogen-bond acceptors (Lipinski definition) is 2. The van der Waals surface area contributed by atoms with Gasteiger partial charge in [-0.05, 0) is 50.4 Å². The molecule has 1 aromatic heterocycles. The summed E-state index contributed by atoms with van der Waals surface area (Å²) in [6.07, 6.45) is 8.86. The summed E-state index contributed by atoms with van der Waals surface area (Å²) in [5.41, 5.74) is 2.46. The highest BCUT2D eigenvalue weighted by Crippen LogP contribution is 2.51. The number of amides is 2. The standard InChI is InChI=1S/C15H22N4O/c1-19-14-4-2-3-13(12(14)8-16-19)18-15(20)17-11-6-9-5-10(9)7-11/h8-11,13H,2-7H2,1H3,(H2,17,18,20). The third kappa shape index (κ3) is 2.09. The summed E-state index contributed by atoms with van der Waals surface area (Å²) in [5.74, 6) is 1.81. The van der Waals surface area contributed by atoms with Crippen LogP contribution in [0.4, 0.5) is 4.79 Å². The summed E-state index contributed by atoms with van der Waals surface area (Å²) in [4.78, 5) is 12.2. The second-order valence-corrected chi connectivity index (χ2v) is 6.66. The van der Waals surface area contributed by atoms with Crippen LogP contribution in [0.25, 0.3) is 0 Å². The first-order chi connectivity index (χ1) is 9.70. The Morgan fingerprint density at radius 3 is 2.90 bits per heavy atom. The molecule has 5 heteroatoms. The van der Waals surface area contributed by atoms with Crippen molar-refractivity contribution in [3.8, 4) is 0 Å². The van der Waals surface area contributed by atoms with Gasteiger partial charge in [-0.25, -0.2) is 4.79 Å². The van der Waals surface area contributed by atoms with Crippen molar-refractivity contribution in [2.24, 2.45) is 18.9 Å². The van der Waals surface area contributed by atoms with Gasteiger partial charge in [-0.2, -0.15) is 5.10 Å². The number of aromatic nitrogens is 2. The maximum absolute atomic E-state index is 12.2. The number of nitrogens with one attached hydrogen (secondary N) is 2. The van der Waals surface area contributed by atoms with E-state index in [0.29, 0.717) is 6.04 Å². The van der Waals surface area contributed by atoms with Crippen LogP contribution in [0.2, 0.25) is 0 Å². The summed E-state index contributed by atoms with van der Waals surface area (Å²) in [5, 5.41) is 10.6. The lowest BCUT2D eigenvalue weighted by atomic mass is 9.93. The number of carbonyl (C=O) groups excluding carboxylic acids is 1. The molecule has 3 aliphatic carbocycles. The third-order valence-electron chi connectivity index (χ3n) is 5.26. The van der Waals surface area contributed by atoms with Crippen LogP contribution in [0, 0.1) is 11.8 Å². The Balaban J connectivity index is 1.38. The molecular formula is C15H22N4O. The van der Waals surface area contributed by atoms with Crippen molar-refractivity contribution in [3.63, 3.8) is 0 Å². The Morgan fingerprint density at radius 2 is 2.10 bits per heavy atom. The fourth-order valence-electron chi connectivity index (χ4n) is 4.07. The number of urea groups is 1. The van der Waals surface area contributed by atoms with Crippen molar-refractivity contribution < 1.29 is 4.79 Å². The summed E-state index contributed by atoms with van der Waals surface area (Å²) in [7, 11) is 1.98. The molecule has 0 radical (unpaired) electrons. The van der Waals surface area contributed by atoms with Crippen LogP contribution in [0.15, 0.2) is 6.20 Å². The smallest absolute Gasteiger partial charge is 0.315 e. The van der Waals surface area contributed by atoms with Crippen molar-refractivity contribution in [1.29, 1.82) is 0 Å². The van der Waals surface area contributed by atoms with Crippen LogP contribution < -0.4 is 10.6 Å². The summed E-state index contributed by atoms with van der Waals surface area (Å²) < 4.78 is 1.94. The summed E-state index contributed by atoms with van der Waals surface area (Å²) >= 11 is 0. The van der Waals surface area contributed by atoms with E-state index in [1.807, 2.05) is 17.9 Å². The van der Waals surface area contributed by atoms with Crippen molar-refractivity contribution in [2.75, 3.05) is 0 Å². The first-order valence-electron chi connectivity index (χ1n) is 7.78. The highest BCUT2D eigenvalue weighted by molar-refractivity contribution is 5.75. The van der Waals surface area contributed by atoms with Crippen LogP contribution in [0.3, 0.4) is 0 Å². The van der Waals surface area contributed by atoms with Gasteiger partial charge in [0.15, 0.2) is 0 Å². The van der Waals surface area contributed by atoms with Crippen molar-refractivity contribution in [1.82, 2.24) is 20.4 Å². The molecule has 2 N–H and O–H groups in total. The lowest BCUT2D eigenvalue weighted by Gasteiger charge is -2.25. The van der Waals surface area contributed by atoms with E-state index in [-0.39, 0.29) is 12.1 Å². The van der Waals surface area contributed by atoms with Gasteiger partial charge in [0.05, 0.1) is 12.2 Å². The molecule has 0 aliphatic heterocycles. The molecule has 20 heavy (non-hydrogen) atoms. The molecule has 1 heterocycles. The Hall–Kier alpha value is -1.52. The minimum Gasteiger partial charge on any atom is -0.335 e. The normalized spacial score (nSPS) is 34.2. The molecule has 0 saturated heterocycles. The first-order valence-corrected chi connectivity index (χ1v) is 7.78. The van der Waals surface area contributed by atoms with Gasteiger partial charge in [0.1, 0.15) is 0 Å². The molecule has 2 fully saturated rings. The average molecular weight is 274 g/mol. The topological polar surface area (TPSA) is 59.0 Å². The Morgan fingerprint density at radius 1 is 1.30 bits per heavy atom. The van der Waals surface area contributed by atoms with Gasteiger partial charge < -0.3 is 10.6 Å². The Bertz CT molecular complexity index is 528. The number of fused-ring (bicyclic) bond motifs is 2. The van der Waals surface area contributed by atoms with Crippen LogP contribution >= 0.6 is 0 Å². The zero-order valence-electron chi connectivity index (χ0n) is 11.9. The average Bonchev–Trinajstić information content (AvgIpc) is 2.85. The number of carbonyl (C=O) groups is 1. The SMILES string of the molecule is Cn1ncc2c1CCCC2NC(=O)NC1CC2CC2C1. The highest BCUT2D eigenvalue weighted by atomic mass is 16.2. The van der Waals surface area contributed by atoms with E-state index in [4.69, 9.17) is 0 Å². The molecule has 3 unspecified atom stereocenters. The van der Waals surface area contributed by atoms with Crippen LogP contribution in [0.1, 0.15) is 49.4 Å². The third-order valence-corrected chi connectivity index (χ3v) is 5.26. The van der Waals surface area contributed by atoms with E-state index < -0.39 is 0 Å². The van der Waals surface area contributed by atoms with Gasteiger partial charge >= 0.3 is 6.03 Å². The van der Waals surface area contributed by atoms with Gasteiger partial charge in [0, 0.05) is 24.3 Å². The fourth-order valence-corrected chi connectivity index (χ4v) is 4.07. The van der Waals surface area contributed by atoms with E-state index in [1.165, 1.54) is 30.5 Å². The zero-order valence-corrected chi connectivity index (χ0v) is 11.9. The minimum absolute atomic E-state index is 0.00185. The van der Waals surface area contributed by atoms with Gasteiger partial charge in [-0.15, -0.1) is 0 Å². The fraction of sp³-hybridized carbons (Fsp3) is 0.733. The van der Waals surface area contributed by atoms with Crippen LogP contribution in [0.5, 0.6) is 0 Å². The largest absolute Gasteiger partial charge is 0.335 e. The predicted octanol–water partition coefficient (Wildman–Crippen LogP) is 1.90. The zero-order chi connectivity index (χ0) is 13.7. The lowest BCUT2D eigenvalue weighted by molar-refractivity contribution is 0.231. The summed E-state index contributed by atoms with van der Waals surface area (Å²) in [6.45, 7) is 0. The molecule has 4 rings (SSSR count). The second-order valence-electron chi connectivity index (χ2n) is 6.66. The number of aryl methyl sites for hydroxylation is 1. The van der Waals surface area contributed by atoms with Gasteiger partial charge in [-0.1, -0.05) is 0 Å². The van der Waals surface area contributed by atoms with Crippen molar-refractivity contribution in [3.05, 3.63) is 17.5 Å². The quantitative estimate of drug-likeness (QED) is 0.865. The molecule has 0 aromatic carbocycles. The van der Waals surface area contributed by atoms with Crippen LogP contribution in [-0.4, -0.2) is 21.9 Å². The molecule has 0 spiro atoms. The van der Waals surface area contributed by atoms with Crippen molar-refractivity contribution in [2.45, 2.75) is 50.6 Å². The molecule has 1 aromatic rings.